The molecule has 1 aromatic carbocycles. The summed E-state index contributed by atoms with van der Waals surface area (Å²) in [5.41, 5.74) is 3.03. The Morgan fingerprint density at radius 2 is 2.00 bits per heavy atom. The molecule has 15 heavy (non-hydrogen) atoms. The third kappa shape index (κ3) is 2.08. The van der Waals surface area contributed by atoms with Crippen LogP contribution in [0.2, 0.25) is 0 Å². The van der Waals surface area contributed by atoms with Gasteiger partial charge in [-0.1, -0.05) is 24.3 Å². The number of benzene rings is 1. The molecule has 2 rings (SSSR count). The Kier molecular flexibility index (Phi) is 2.84. The molecule has 0 saturated carbocycles. The number of aryl methyl sites for hydroxylation is 2. The second kappa shape index (κ2) is 4.13. The van der Waals surface area contributed by atoms with Gasteiger partial charge in [0.25, 0.3) is 0 Å². The van der Waals surface area contributed by atoms with Crippen LogP contribution in [0, 0.1) is 13.8 Å². The Labute approximate surface area is 93.4 Å². The molecule has 0 radical (unpaired) electrons. The lowest BCUT2D eigenvalue weighted by molar-refractivity contribution is 0.223. The van der Waals surface area contributed by atoms with Crippen LogP contribution in [0.1, 0.15) is 27.8 Å². The zero-order chi connectivity index (χ0) is 10.8. The predicted molar refractivity (Wildman–Crippen MR) is 62.1 cm³/mol. The van der Waals surface area contributed by atoms with Crippen LogP contribution in [0.3, 0.4) is 0 Å². The van der Waals surface area contributed by atoms with E-state index in [9.17, 15) is 5.11 Å². The SMILES string of the molecule is Cc1cc(C(O)c2ccccc2C)sn1. The molecule has 78 valence electrons. The highest BCUT2D eigenvalue weighted by Gasteiger charge is 2.14. The molecule has 1 heterocycles. The van der Waals surface area contributed by atoms with Gasteiger partial charge < -0.3 is 5.11 Å². The van der Waals surface area contributed by atoms with Gasteiger partial charge in [-0.3, -0.25) is 0 Å². The fourth-order valence-electron chi connectivity index (χ4n) is 1.56. The highest BCUT2D eigenvalue weighted by atomic mass is 32.1. The van der Waals surface area contributed by atoms with Crippen molar-refractivity contribution in [3.63, 3.8) is 0 Å². The summed E-state index contributed by atoms with van der Waals surface area (Å²) in [6.45, 7) is 3.94. The normalized spacial score (nSPS) is 12.7. The smallest absolute Gasteiger partial charge is 0.115 e. The van der Waals surface area contributed by atoms with Crippen LogP contribution >= 0.6 is 11.5 Å². The fraction of sp³-hybridized carbons (Fsp3) is 0.250. The molecule has 1 N–H and O–H groups in total. The van der Waals surface area contributed by atoms with E-state index in [1.54, 1.807) is 0 Å². The lowest BCUT2D eigenvalue weighted by Crippen LogP contribution is -1.99. The lowest BCUT2D eigenvalue weighted by Gasteiger charge is -2.10. The summed E-state index contributed by atoms with van der Waals surface area (Å²) in [6.07, 6.45) is -0.544. The first kappa shape index (κ1) is 10.3. The second-order valence-electron chi connectivity index (χ2n) is 3.63. The third-order valence-electron chi connectivity index (χ3n) is 2.40. The van der Waals surface area contributed by atoms with Gasteiger partial charge in [0.15, 0.2) is 0 Å². The van der Waals surface area contributed by atoms with Crippen LogP contribution in [0.15, 0.2) is 30.3 Å². The van der Waals surface area contributed by atoms with E-state index in [-0.39, 0.29) is 0 Å². The molecular formula is C12H13NOS. The van der Waals surface area contributed by atoms with Crippen LogP contribution < -0.4 is 0 Å². The van der Waals surface area contributed by atoms with Crippen molar-refractivity contribution in [3.8, 4) is 0 Å². The summed E-state index contributed by atoms with van der Waals surface area (Å²) >= 11 is 1.36. The summed E-state index contributed by atoms with van der Waals surface area (Å²) in [5.74, 6) is 0. The molecule has 0 amide bonds. The van der Waals surface area contributed by atoms with Crippen molar-refractivity contribution in [2.45, 2.75) is 20.0 Å². The Morgan fingerprint density at radius 3 is 2.60 bits per heavy atom. The van der Waals surface area contributed by atoms with Crippen molar-refractivity contribution < 1.29 is 5.11 Å². The standard InChI is InChI=1S/C12H13NOS/c1-8-5-3-4-6-10(8)12(14)11-7-9(2)13-15-11/h3-7,12,14H,1-2H3. The van der Waals surface area contributed by atoms with Gasteiger partial charge in [-0.05, 0) is 42.6 Å². The largest absolute Gasteiger partial charge is 0.383 e. The first-order valence-electron chi connectivity index (χ1n) is 4.85. The van der Waals surface area contributed by atoms with E-state index in [1.807, 2.05) is 44.2 Å². The summed E-state index contributed by atoms with van der Waals surface area (Å²) in [4.78, 5) is 0.904. The number of hydrogen-bond acceptors (Lipinski definition) is 3. The molecule has 3 heteroatoms. The molecular weight excluding hydrogens is 206 g/mol. The van der Waals surface area contributed by atoms with Crippen molar-refractivity contribution >= 4 is 11.5 Å². The Balaban J connectivity index is 2.36. The highest BCUT2D eigenvalue weighted by molar-refractivity contribution is 7.05. The van der Waals surface area contributed by atoms with Crippen LogP contribution in [0.4, 0.5) is 0 Å². The van der Waals surface area contributed by atoms with E-state index in [2.05, 4.69) is 4.37 Å². The molecule has 1 aromatic heterocycles. The Morgan fingerprint density at radius 1 is 1.27 bits per heavy atom. The molecule has 0 saturated heterocycles. The van der Waals surface area contributed by atoms with E-state index in [0.717, 1.165) is 21.7 Å². The average molecular weight is 219 g/mol. The van der Waals surface area contributed by atoms with Gasteiger partial charge >= 0.3 is 0 Å². The van der Waals surface area contributed by atoms with Crippen molar-refractivity contribution in [1.29, 1.82) is 0 Å². The van der Waals surface area contributed by atoms with Gasteiger partial charge in [0.2, 0.25) is 0 Å². The summed E-state index contributed by atoms with van der Waals surface area (Å²) < 4.78 is 4.17. The zero-order valence-corrected chi connectivity index (χ0v) is 9.58. The van der Waals surface area contributed by atoms with Crippen LogP contribution in [-0.4, -0.2) is 9.48 Å². The molecule has 0 bridgehead atoms. The number of aliphatic hydroxyl groups is 1. The first-order valence-corrected chi connectivity index (χ1v) is 5.62. The van der Waals surface area contributed by atoms with Gasteiger partial charge in [-0.25, -0.2) is 0 Å². The highest BCUT2D eigenvalue weighted by Crippen LogP contribution is 2.27. The number of rotatable bonds is 2. The summed E-state index contributed by atoms with van der Waals surface area (Å²) in [7, 11) is 0. The second-order valence-corrected chi connectivity index (χ2v) is 4.47. The van der Waals surface area contributed by atoms with Crippen molar-refractivity contribution in [2.75, 3.05) is 0 Å². The molecule has 0 fully saturated rings. The lowest BCUT2D eigenvalue weighted by atomic mass is 10.0. The van der Waals surface area contributed by atoms with Crippen LogP contribution in [-0.2, 0) is 0 Å². The Bertz CT molecular complexity index is 464. The average Bonchev–Trinajstić information content (AvgIpc) is 2.65. The number of nitrogens with zero attached hydrogens (tertiary/aromatic N) is 1. The zero-order valence-electron chi connectivity index (χ0n) is 8.77. The Hall–Kier alpha value is -1.19. The van der Waals surface area contributed by atoms with Crippen LogP contribution in [0.5, 0.6) is 0 Å². The fourth-order valence-corrected chi connectivity index (χ4v) is 2.31. The minimum absolute atomic E-state index is 0.544. The number of aromatic nitrogens is 1. The van der Waals surface area contributed by atoms with E-state index in [4.69, 9.17) is 0 Å². The monoisotopic (exact) mass is 219 g/mol. The molecule has 0 aliphatic rings. The summed E-state index contributed by atoms with van der Waals surface area (Å²) in [5, 5.41) is 10.2. The van der Waals surface area contributed by atoms with Crippen LogP contribution in [0.25, 0.3) is 0 Å². The van der Waals surface area contributed by atoms with Gasteiger partial charge in [0, 0.05) is 0 Å². The molecule has 0 aliphatic carbocycles. The minimum atomic E-state index is -0.544. The first-order chi connectivity index (χ1) is 7.18. The van der Waals surface area contributed by atoms with E-state index in [0.29, 0.717) is 0 Å². The maximum absolute atomic E-state index is 10.2. The van der Waals surface area contributed by atoms with Crippen molar-refractivity contribution in [2.24, 2.45) is 0 Å². The number of aliphatic hydroxyl groups excluding tert-OH is 1. The molecule has 2 nitrogen and oxygen atoms in total. The quantitative estimate of drug-likeness (QED) is 0.842. The molecule has 2 aromatic rings. The maximum atomic E-state index is 10.2. The van der Waals surface area contributed by atoms with Gasteiger partial charge in [-0.2, -0.15) is 4.37 Å². The molecule has 0 spiro atoms. The van der Waals surface area contributed by atoms with Gasteiger partial charge in [0.1, 0.15) is 6.10 Å². The molecule has 1 unspecified atom stereocenters. The van der Waals surface area contributed by atoms with Crippen molar-refractivity contribution in [1.82, 2.24) is 4.37 Å². The third-order valence-corrected chi connectivity index (χ3v) is 3.33. The minimum Gasteiger partial charge on any atom is -0.383 e. The maximum Gasteiger partial charge on any atom is 0.115 e. The number of hydrogen-bond donors (Lipinski definition) is 1. The van der Waals surface area contributed by atoms with E-state index < -0.39 is 6.10 Å². The van der Waals surface area contributed by atoms with E-state index in [1.165, 1.54) is 11.5 Å². The molecule has 1 atom stereocenters. The predicted octanol–water partition coefficient (Wildman–Crippen LogP) is 2.84. The van der Waals surface area contributed by atoms with Crippen molar-refractivity contribution in [3.05, 3.63) is 52.0 Å². The van der Waals surface area contributed by atoms with E-state index >= 15 is 0 Å². The topological polar surface area (TPSA) is 33.1 Å². The summed E-state index contributed by atoms with van der Waals surface area (Å²) in [6, 6.07) is 9.81. The van der Waals surface area contributed by atoms with Gasteiger partial charge in [0.05, 0.1) is 10.6 Å². The molecule has 0 aliphatic heterocycles. The van der Waals surface area contributed by atoms with Gasteiger partial charge in [-0.15, -0.1) is 0 Å².